The number of carbonyl (C=O) groups excluding carboxylic acids is 3. The van der Waals surface area contributed by atoms with Gasteiger partial charge in [-0.3, -0.25) is 14.5 Å². The van der Waals surface area contributed by atoms with Gasteiger partial charge in [-0.05, 0) is 24.6 Å². The number of hydrogen-bond acceptors (Lipinski definition) is 3. The molecular weight excluding hydrogens is 377 g/mol. The monoisotopic (exact) mass is 391 g/mol. The summed E-state index contributed by atoms with van der Waals surface area (Å²) >= 11 is 11.9. The highest BCUT2D eigenvalue weighted by Gasteiger charge is 2.49. The van der Waals surface area contributed by atoms with Gasteiger partial charge in [-0.2, -0.15) is 0 Å². The molecule has 1 unspecified atom stereocenters. The summed E-state index contributed by atoms with van der Waals surface area (Å²) in [6, 6.07) is 13.0. The molecule has 1 aliphatic rings. The zero-order chi connectivity index (χ0) is 18.9. The average Bonchev–Trinajstić information content (AvgIpc) is 2.84. The predicted molar refractivity (Wildman–Crippen MR) is 99.1 cm³/mol. The quantitative estimate of drug-likeness (QED) is 0.783. The highest BCUT2D eigenvalue weighted by atomic mass is 35.5. The maximum atomic E-state index is 12.8. The minimum atomic E-state index is -1.22. The smallest absolute Gasteiger partial charge is 0.323 e. The van der Waals surface area contributed by atoms with Crippen molar-refractivity contribution in [2.24, 2.45) is 0 Å². The van der Waals surface area contributed by atoms with Gasteiger partial charge in [0.1, 0.15) is 12.1 Å². The van der Waals surface area contributed by atoms with Gasteiger partial charge in [-0.15, -0.1) is 0 Å². The maximum absolute atomic E-state index is 12.8. The number of nitrogens with one attached hydrogen (secondary N) is 2. The molecule has 0 aliphatic carbocycles. The van der Waals surface area contributed by atoms with E-state index in [1.165, 1.54) is 0 Å². The first kappa shape index (κ1) is 18.2. The molecule has 0 bridgehead atoms. The van der Waals surface area contributed by atoms with E-state index >= 15 is 0 Å². The molecule has 1 atom stereocenters. The Morgan fingerprint density at radius 2 is 1.81 bits per heavy atom. The molecule has 1 fully saturated rings. The SMILES string of the molecule is CC1(c2ccccc2)NC(=O)N(CC(=O)Nc2cccc(Cl)c2Cl)C1=O. The number of benzene rings is 2. The molecule has 4 amide bonds. The van der Waals surface area contributed by atoms with E-state index < -0.39 is 29.9 Å². The zero-order valence-electron chi connectivity index (χ0n) is 13.8. The topological polar surface area (TPSA) is 78.5 Å². The number of anilines is 1. The van der Waals surface area contributed by atoms with Crippen LogP contribution in [0.2, 0.25) is 10.0 Å². The number of hydrogen-bond donors (Lipinski definition) is 2. The number of halogens is 2. The second kappa shape index (κ2) is 6.97. The Bertz CT molecular complexity index is 889. The van der Waals surface area contributed by atoms with Crippen molar-refractivity contribution in [3.63, 3.8) is 0 Å². The third-order valence-corrected chi connectivity index (χ3v) is 4.97. The van der Waals surface area contributed by atoms with E-state index in [2.05, 4.69) is 10.6 Å². The van der Waals surface area contributed by atoms with E-state index in [0.717, 1.165) is 4.90 Å². The highest BCUT2D eigenvalue weighted by Crippen LogP contribution is 2.30. The summed E-state index contributed by atoms with van der Waals surface area (Å²) in [5, 5.41) is 5.68. The molecule has 0 aromatic heterocycles. The van der Waals surface area contributed by atoms with Crippen LogP contribution in [0.15, 0.2) is 48.5 Å². The number of urea groups is 1. The summed E-state index contributed by atoms with van der Waals surface area (Å²) in [6.45, 7) is 1.17. The van der Waals surface area contributed by atoms with Crippen LogP contribution in [0.1, 0.15) is 12.5 Å². The van der Waals surface area contributed by atoms with Crippen molar-refractivity contribution < 1.29 is 14.4 Å². The van der Waals surface area contributed by atoms with Gasteiger partial charge in [0.2, 0.25) is 5.91 Å². The first-order valence-corrected chi connectivity index (χ1v) is 8.52. The van der Waals surface area contributed by atoms with Gasteiger partial charge in [0.15, 0.2) is 0 Å². The molecule has 26 heavy (non-hydrogen) atoms. The Morgan fingerprint density at radius 1 is 1.12 bits per heavy atom. The zero-order valence-corrected chi connectivity index (χ0v) is 15.3. The van der Waals surface area contributed by atoms with Gasteiger partial charge < -0.3 is 10.6 Å². The van der Waals surface area contributed by atoms with Gasteiger partial charge in [0, 0.05) is 0 Å². The van der Waals surface area contributed by atoms with E-state index in [1.807, 2.05) is 6.07 Å². The Hall–Kier alpha value is -2.57. The third-order valence-electron chi connectivity index (χ3n) is 4.15. The van der Waals surface area contributed by atoms with Crippen LogP contribution in [0, 0.1) is 0 Å². The fourth-order valence-corrected chi connectivity index (χ4v) is 3.09. The van der Waals surface area contributed by atoms with Crippen molar-refractivity contribution in [3.8, 4) is 0 Å². The number of amides is 4. The van der Waals surface area contributed by atoms with Gasteiger partial charge >= 0.3 is 6.03 Å². The second-order valence-corrected chi connectivity index (χ2v) is 6.75. The van der Waals surface area contributed by atoms with Crippen LogP contribution in [0.25, 0.3) is 0 Å². The Kier molecular flexibility index (Phi) is 4.89. The molecule has 1 heterocycles. The summed E-state index contributed by atoms with van der Waals surface area (Å²) in [6.07, 6.45) is 0. The normalized spacial score (nSPS) is 19.4. The minimum absolute atomic E-state index is 0.189. The van der Waals surface area contributed by atoms with Crippen LogP contribution in [0.3, 0.4) is 0 Å². The minimum Gasteiger partial charge on any atom is -0.323 e. The van der Waals surface area contributed by atoms with Crippen molar-refractivity contribution in [3.05, 3.63) is 64.1 Å². The molecule has 0 radical (unpaired) electrons. The van der Waals surface area contributed by atoms with Crippen molar-refractivity contribution in [2.45, 2.75) is 12.5 Å². The van der Waals surface area contributed by atoms with Gasteiger partial charge in [-0.1, -0.05) is 59.6 Å². The molecule has 0 spiro atoms. The van der Waals surface area contributed by atoms with Gasteiger partial charge in [0.05, 0.1) is 15.7 Å². The number of rotatable bonds is 4. The van der Waals surface area contributed by atoms with Crippen LogP contribution in [0.5, 0.6) is 0 Å². The summed E-state index contributed by atoms with van der Waals surface area (Å²) in [5.74, 6) is -1.06. The lowest BCUT2D eigenvalue weighted by molar-refractivity contribution is -0.133. The van der Waals surface area contributed by atoms with Crippen LogP contribution < -0.4 is 10.6 Å². The molecule has 1 saturated heterocycles. The standard InChI is InChI=1S/C18H15Cl2N3O3/c1-18(11-6-3-2-4-7-11)16(25)23(17(26)22-18)10-14(24)21-13-9-5-8-12(19)15(13)20/h2-9H,10H2,1H3,(H,21,24)(H,22,26). The van der Waals surface area contributed by atoms with Crippen molar-refractivity contribution in [2.75, 3.05) is 11.9 Å². The van der Waals surface area contributed by atoms with Crippen LogP contribution in [-0.2, 0) is 15.1 Å². The van der Waals surface area contributed by atoms with E-state index in [4.69, 9.17) is 23.2 Å². The van der Waals surface area contributed by atoms with Crippen molar-refractivity contribution >= 4 is 46.7 Å². The van der Waals surface area contributed by atoms with Gasteiger partial charge in [-0.25, -0.2) is 4.79 Å². The molecule has 6 nitrogen and oxygen atoms in total. The summed E-state index contributed by atoms with van der Waals surface area (Å²) in [5.41, 5.74) is -0.270. The lowest BCUT2D eigenvalue weighted by Crippen LogP contribution is -2.42. The highest BCUT2D eigenvalue weighted by molar-refractivity contribution is 6.44. The van der Waals surface area contributed by atoms with E-state index in [9.17, 15) is 14.4 Å². The third kappa shape index (κ3) is 3.25. The first-order valence-electron chi connectivity index (χ1n) is 7.76. The molecule has 134 valence electrons. The Labute approximate surface area is 160 Å². The fraction of sp³-hybridized carbons (Fsp3) is 0.167. The molecule has 2 aromatic carbocycles. The van der Waals surface area contributed by atoms with E-state index in [-0.39, 0.29) is 10.0 Å². The second-order valence-electron chi connectivity index (χ2n) is 5.96. The van der Waals surface area contributed by atoms with Crippen molar-refractivity contribution in [1.29, 1.82) is 0 Å². The van der Waals surface area contributed by atoms with Crippen molar-refractivity contribution in [1.82, 2.24) is 10.2 Å². The molecule has 3 rings (SSSR count). The molecule has 1 aliphatic heterocycles. The maximum Gasteiger partial charge on any atom is 0.325 e. The molecule has 0 saturated carbocycles. The number of carbonyl (C=O) groups is 3. The summed E-state index contributed by atoms with van der Waals surface area (Å²) < 4.78 is 0. The Morgan fingerprint density at radius 3 is 2.50 bits per heavy atom. The summed E-state index contributed by atoms with van der Waals surface area (Å²) in [4.78, 5) is 38.2. The summed E-state index contributed by atoms with van der Waals surface area (Å²) in [7, 11) is 0. The Balaban J connectivity index is 1.76. The predicted octanol–water partition coefficient (Wildman–Crippen LogP) is 3.40. The molecular formula is C18H15Cl2N3O3. The van der Waals surface area contributed by atoms with Gasteiger partial charge in [0.25, 0.3) is 5.91 Å². The van der Waals surface area contributed by atoms with Crippen LogP contribution in [-0.4, -0.2) is 29.3 Å². The lowest BCUT2D eigenvalue weighted by Gasteiger charge is -2.22. The lowest BCUT2D eigenvalue weighted by atomic mass is 9.92. The molecule has 8 heteroatoms. The van der Waals surface area contributed by atoms with E-state index in [1.54, 1.807) is 49.4 Å². The largest absolute Gasteiger partial charge is 0.325 e. The van der Waals surface area contributed by atoms with Crippen LogP contribution >= 0.6 is 23.2 Å². The van der Waals surface area contributed by atoms with Crippen LogP contribution in [0.4, 0.5) is 10.5 Å². The first-order chi connectivity index (χ1) is 12.3. The molecule has 2 N–H and O–H groups in total. The average molecular weight is 392 g/mol. The number of nitrogens with zero attached hydrogens (tertiary/aromatic N) is 1. The van der Waals surface area contributed by atoms with E-state index in [0.29, 0.717) is 11.3 Å². The number of imide groups is 1. The molecule has 2 aromatic rings. The fourth-order valence-electron chi connectivity index (χ4n) is 2.74.